The average molecular weight is 328 g/mol. The highest BCUT2D eigenvalue weighted by molar-refractivity contribution is 7.99. The number of carbonyl (C=O) groups is 1. The highest BCUT2D eigenvalue weighted by atomic mass is 32.2. The number of pyridine rings is 1. The molecule has 3 rings (SSSR count). The van der Waals surface area contributed by atoms with E-state index >= 15 is 0 Å². The summed E-state index contributed by atoms with van der Waals surface area (Å²) in [5.41, 5.74) is 1.80. The zero-order chi connectivity index (χ0) is 16.1. The molecule has 0 saturated carbocycles. The lowest BCUT2D eigenvalue weighted by Crippen LogP contribution is -2.38. The molecular formula is C17H20N4OS. The molecule has 0 radical (unpaired) electrons. The Balaban J connectivity index is 1.53. The number of piperidine rings is 1. The van der Waals surface area contributed by atoms with E-state index in [2.05, 4.69) is 22.1 Å². The van der Waals surface area contributed by atoms with Gasteiger partial charge >= 0.3 is 0 Å². The summed E-state index contributed by atoms with van der Waals surface area (Å²) in [6.45, 7) is 4.01. The molecule has 1 aliphatic heterocycles. The van der Waals surface area contributed by atoms with Crippen molar-refractivity contribution in [1.29, 1.82) is 0 Å². The molecule has 1 fully saturated rings. The lowest BCUT2D eigenvalue weighted by molar-refractivity contribution is -0.129. The molecule has 0 N–H and O–H groups in total. The van der Waals surface area contributed by atoms with Crippen LogP contribution >= 0.6 is 11.8 Å². The standard InChI is InChI=1S/C17H20N4OS/c1-13-6-10-21(11-7-13)17(22)12-23-16-3-2-15(19-20-16)14-4-8-18-9-5-14/h2-5,8-9,13H,6-7,10-12H2,1H3. The second kappa shape index (κ2) is 7.55. The van der Waals surface area contributed by atoms with Gasteiger partial charge in [-0.25, -0.2) is 0 Å². The first-order valence-electron chi connectivity index (χ1n) is 7.87. The molecule has 0 spiro atoms. The van der Waals surface area contributed by atoms with Gasteiger partial charge in [-0.05, 0) is 43.0 Å². The smallest absolute Gasteiger partial charge is 0.232 e. The number of carbonyl (C=O) groups excluding carboxylic acids is 1. The van der Waals surface area contributed by atoms with E-state index in [1.165, 1.54) is 11.8 Å². The van der Waals surface area contributed by atoms with Gasteiger partial charge in [0.1, 0.15) is 5.03 Å². The first-order chi connectivity index (χ1) is 11.2. The Morgan fingerprint density at radius 1 is 1.17 bits per heavy atom. The quantitative estimate of drug-likeness (QED) is 0.808. The molecule has 2 aromatic rings. The summed E-state index contributed by atoms with van der Waals surface area (Å²) >= 11 is 1.45. The molecule has 0 aliphatic carbocycles. The van der Waals surface area contributed by atoms with Crippen molar-refractivity contribution >= 4 is 17.7 Å². The van der Waals surface area contributed by atoms with Crippen LogP contribution in [0.4, 0.5) is 0 Å². The molecule has 1 amide bonds. The van der Waals surface area contributed by atoms with E-state index in [0.717, 1.165) is 48.1 Å². The van der Waals surface area contributed by atoms with Gasteiger partial charge in [-0.3, -0.25) is 9.78 Å². The van der Waals surface area contributed by atoms with Gasteiger partial charge in [0.25, 0.3) is 0 Å². The molecule has 1 saturated heterocycles. The number of nitrogens with zero attached hydrogens (tertiary/aromatic N) is 4. The summed E-state index contributed by atoms with van der Waals surface area (Å²) in [5, 5.41) is 9.21. The fourth-order valence-corrected chi connectivity index (χ4v) is 3.28. The van der Waals surface area contributed by atoms with Gasteiger partial charge < -0.3 is 4.90 Å². The van der Waals surface area contributed by atoms with Crippen molar-refractivity contribution in [2.24, 2.45) is 5.92 Å². The van der Waals surface area contributed by atoms with Crippen molar-refractivity contribution in [2.45, 2.75) is 24.8 Å². The number of amides is 1. The van der Waals surface area contributed by atoms with Crippen LogP contribution in [0, 0.1) is 5.92 Å². The molecule has 0 atom stereocenters. The fraction of sp³-hybridized carbons (Fsp3) is 0.412. The van der Waals surface area contributed by atoms with Crippen molar-refractivity contribution in [3.05, 3.63) is 36.7 Å². The number of aromatic nitrogens is 3. The van der Waals surface area contributed by atoms with Gasteiger partial charge in [0, 0.05) is 31.0 Å². The highest BCUT2D eigenvalue weighted by Crippen LogP contribution is 2.21. The largest absolute Gasteiger partial charge is 0.342 e. The predicted molar refractivity (Wildman–Crippen MR) is 91.0 cm³/mol. The van der Waals surface area contributed by atoms with Gasteiger partial charge in [0.15, 0.2) is 0 Å². The molecule has 3 heterocycles. The number of thioether (sulfide) groups is 1. The molecule has 0 bridgehead atoms. The maximum atomic E-state index is 12.2. The Morgan fingerprint density at radius 2 is 1.91 bits per heavy atom. The zero-order valence-electron chi connectivity index (χ0n) is 13.2. The van der Waals surface area contributed by atoms with Crippen molar-refractivity contribution in [1.82, 2.24) is 20.1 Å². The van der Waals surface area contributed by atoms with Gasteiger partial charge in [-0.1, -0.05) is 18.7 Å². The number of hydrogen-bond acceptors (Lipinski definition) is 5. The molecule has 1 aliphatic rings. The third kappa shape index (κ3) is 4.28. The summed E-state index contributed by atoms with van der Waals surface area (Å²) in [7, 11) is 0. The van der Waals surface area contributed by atoms with E-state index in [1.54, 1.807) is 12.4 Å². The van der Waals surface area contributed by atoms with E-state index in [9.17, 15) is 4.79 Å². The summed E-state index contributed by atoms with van der Waals surface area (Å²) in [5.74, 6) is 1.36. The summed E-state index contributed by atoms with van der Waals surface area (Å²) in [6.07, 6.45) is 5.68. The SMILES string of the molecule is CC1CCN(C(=O)CSc2ccc(-c3ccncc3)nn2)CC1. The van der Waals surface area contributed by atoms with Crippen molar-refractivity contribution in [3.8, 4) is 11.3 Å². The molecule has 6 heteroatoms. The molecule has 0 unspecified atom stereocenters. The Kier molecular flexibility index (Phi) is 5.23. The topological polar surface area (TPSA) is 59.0 Å². The van der Waals surface area contributed by atoms with Crippen LogP contribution in [0.1, 0.15) is 19.8 Å². The second-order valence-electron chi connectivity index (χ2n) is 5.84. The summed E-state index contributed by atoms with van der Waals surface area (Å²) < 4.78 is 0. The second-order valence-corrected chi connectivity index (χ2v) is 6.84. The molecule has 2 aromatic heterocycles. The van der Waals surface area contributed by atoms with Crippen LogP contribution < -0.4 is 0 Å². The Bertz CT molecular complexity index is 639. The molecule has 23 heavy (non-hydrogen) atoms. The van der Waals surface area contributed by atoms with Crippen molar-refractivity contribution in [3.63, 3.8) is 0 Å². The molecule has 120 valence electrons. The van der Waals surface area contributed by atoms with E-state index in [4.69, 9.17) is 0 Å². The molecule has 0 aromatic carbocycles. The first-order valence-corrected chi connectivity index (χ1v) is 8.85. The lowest BCUT2D eigenvalue weighted by Gasteiger charge is -2.30. The Labute approximate surface area is 140 Å². The van der Waals surface area contributed by atoms with Crippen molar-refractivity contribution in [2.75, 3.05) is 18.8 Å². The third-order valence-electron chi connectivity index (χ3n) is 4.10. The number of hydrogen-bond donors (Lipinski definition) is 0. The van der Waals surface area contributed by atoms with Crippen LogP contribution in [-0.2, 0) is 4.79 Å². The van der Waals surface area contributed by atoms with Crippen LogP contribution in [0.5, 0.6) is 0 Å². The maximum absolute atomic E-state index is 12.2. The maximum Gasteiger partial charge on any atom is 0.232 e. The van der Waals surface area contributed by atoms with Gasteiger partial charge in [-0.2, -0.15) is 0 Å². The van der Waals surface area contributed by atoms with Gasteiger partial charge in [0.05, 0.1) is 11.4 Å². The van der Waals surface area contributed by atoms with Crippen LogP contribution in [0.3, 0.4) is 0 Å². The van der Waals surface area contributed by atoms with E-state index in [1.807, 2.05) is 29.2 Å². The van der Waals surface area contributed by atoms with Crippen LogP contribution in [-0.4, -0.2) is 44.8 Å². The van der Waals surface area contributed by atoms with Crippen molar-refractivity contribution < 1.29 is 4.79 Å². The fourth-order valence-electron chi connectivity index (χ4n) is 2.56. The summed E-state index contributed by atoms with van der Waals surface area (Å²) in [6, 6.07) is 7.64. The van der Waals surface area contributed by atoms with Gasteiger partial charge in [-0.15, -0.1) is 10.2 Å². The molecule has 5 nitrogen and oxygen atoms in total. The normalized spacial score (nSPS) is 15.6. The predicted octanol–water partition coefficient (Wildman–Crippen LogP) is 2.89. The Morgan fingerprint density at radius 3 is 2.57 bits per heavy atom. The van der Waals surface area contributed by atoms with Crippen LogP contribution in [0.15, 0.2) is 41.7 Å². The average Bonchev–Trinajstić information content (AvgIpc) is 2.61. The lowest BCUT2D eigenvalue weighted by atomic mass is 9.99. The van der Waals surface area contributed by atoms with E-state index in [0.29, 0.717) is 5.75 Å². The van der Waals surface area contributed by atoms with Crippen LogP contribution in [0.2, 0.25) is 0 Å². The molecular weight excluding hydrogens is 308 g/mol. The third-order valence-corrected chi connectivity index (χ3v) is 5.00. The van der Waals surface area contributed by atoms with Crippen LogP contribution in [0.25, 0.3) is 11.3 Å². The minimum absolute atomic E-state index is 0.196. The zero-order valence-corrected chi connectivity index (χ0v) is 14.0. The summed E-state index contributed by atoms with van der Waals surface area (Å²) in [4.78, 5) is 18.2. The van der Waals surface area contributed by atoms with E-state index < -0.39 is 0 Å². The number of rotatable bonds is 4. The minimum atomic E-state index is 0.196. The first kappa shape index (κ1) is 15.9. The van der Waals surface area contributed by atoms with E-state index in [-0.39, 0.29) is 5.91 Å². The van der Waals surface area contributed by atoms with Gasteiger partial charge in [0.2, 0.25) is 5.91 Å². The highest BCUT2D eigenvalue weighted by Gasteiger charge is 2.20. The monoisotopic (exact) mass is 328 g/mol. The minimum Gasteiger partial charge on any atom is -0.342 e. The Hall–Kier alpha value is -1.95. The number of likely N-dealkylation sites (tertiary alicyclic amines) is 1.